The molecule has 24 heavy (non-hydrogen) atoms. The Morgan fingerprint density at radius 2 is 2.29 bits per heavy atom. The van der Waals surface area contributed by atoms with E-state index in [-0.39, 0.29) is 17.6 Å². The third-order valence-electron chi connectivity index (χ3n) is 4.33. The van der Waals surface area contributed by atoms with Gasteiger partial charge in [0, 0.05) is 18.7 Å². The molecule has 1 aliphatic heterocycles. The zero-order valence-electron chi connectivity index (χ0n) is 14.6. The summed E-state index contributed by atoms with van der Waals surface area (Å²) < 4.78 is 10.4. The summed E-state index contributed by atoms with van der Waals surface area (Å²) >= 11 is 0. The average molecular weight is 333 g/mol. The zero-order valence-corrected chi connectivity index (χ0v) is 14.6. The summed E-state index contributed by atoms with van der Waals surface area (Å²) in [5.41, 5.74) is 1.87. The van der Waals surface area contributed by atoms with Crippen LogP contribution in [0.3, 0.4) is 0 Å². The van der Waals surface area contributed by atoms with Gasteiger partial charge in [0.25, 0.3) is 0 Å². The predicted octanol–water partition coefficient (Wildman–Crippen LogP) is 2.90. The molecule has 1 N–H and O–H groups in total. The van der Waals surface area contributed by atoms with Crippen LogP contribution in [0.25, 0.3) is 0 Å². The lowest BCUT2D eigenvalue weighted by Gasteiger charge is -2.31. The normalized spacial score (nSPS) is 18.2. The van der Waals surface area contributed by atoms with Gasteiger partial charge in [0.1, 0.15) is 0 Å². The van der Waals surface area contributed by atoms with Crippen molar-refractivity contribution in [3.05, 3.63) is 35.9 Å². The van der Waals surface area contributed by atoms with Crippen molar-refractivity contribution in [3.63, 3.8) is 0 Å². The number of hydrogen-bond acceptors (Lipinski definition) is 5. The standard InChI is InChI=1S/C19H27NO4/c1-4-7-14-10-16(18(21)17(11-14)23-3)13-20-9-6-8-15(12-20)19(22)24-5-2/h4,10-11,15,21H,1,5-9,12-13H2,2-3H3. The van der Waals surface area contributed by atoms with Gasteiger partial charge in [-0.05, 0) is 44.4 Å². The van der Waals surface area contributed by atoms with E-state index in [9.17, 15) is 9.90 Å². The molecular formula is C19H27NO4. The Labute approximate surface area is 143 Å². The lowest BCUT2D eigenvalue weighted by atomic mass is 9.97. The average Bonchev–Trinajstić information content (AvgIpc) is 2.58. The van der Waals surface area contributed by atoms with Crippen LogP contribution in [0.5, 0.6) is 11.5 Å². The van der Waals surface area contributed by atoms with Crippen LogP contribution in [0.1, 0.15) is 30.9 Å². The van der Waals surface area contributed by atoms with Gasteiger partial charge in [0.05, 0.1) is 19.6 Å². The van der Waals surface area contributed by atoms with E-state index in [1.165, 1.54) is 0 Å². The first kappa shape index (κ1) is 18.3. The van der Waals surface area contributed by atoms with Crippen molar-refractivity contribution in [2.24, 2.45) is 5.92 Å². The molecule has 0 radical (unpaired) electrons. The number of allylic oxidation sites excluding steroid dienone is 1. The number of benzene rings is 1. The molecular weight excluding hydrogens is 306 g/mol. The highest BCUT2D eigenvalue weighted by molar-refractivity contribution is 5.72. The van der Waals surface area contributed by atoms with Gasteiger partial charge in [-0.3, -0.25) is 9.69 Å². The number of methoxy groups -OCH3 is 1. The predicted molar refractivity (Wildman–Crippen MR) is 93.2 cm³/mol. The Bertz CT molecular complexity index is 585. The zero-order chi connectivity index (χ0) is 17.5. The molecule has 0 bridgehead atoms. The van der Waals surface area contributed by atoms with Gasteiger partial charge in [-0.2, -0.15) is 0 Å². The molecule has 1 saturated heterocycles. The first-order chi connectivity index (χ1) is 11.6. The summed E-state index contributed by atoms with van der Waals surface area (Å²) in [6, 6.07) is 3.81. The van der Waals surface area contributed by atoms with Crippen molar-refractivity contribution in [3.8, 4) is 11.5 Å². The SMILES string of the molecule is C=CCc1cc(CN2CCCC(C(=O)OCC)C2)c(O)c(OC)c1. The number of likely N-dealkylation sites (tertiary alicyclic amines) is 1. The highest BCUT2D eigenvalue weighted by Crippen LogP contribution is 2.33. The largest absolute Gasteiger partial charge is 0.504 e. The molecule has 1 fully saturated rings. The Hall–Kier alpha value is -2.01. The van der Waals surface area contributed by atoms with E-state index in [1.807, 2.05) is 25.1 Å². The summed E-state index contributed by atoms with van der Waals surface area (Å²) in [4.78, 5) is 14.2. The fourth-order valence-electron chi connectivity index (χ4n) is 3.18. The first-order valence-corrected chi connectivity index (χ1v) is 8.47. The number of piperidine rings is 1. The van der Waals surface area contributed by atoms with Crippen LogP contribution in [0, 0.1) is 5.92 Å². The molecule has 1 aromatic carbocycles. The van der Waals surface area contributed by atoms with Crippen LogP contribution in [0.2, 0.25) is 0 Å². The summed E-state index contributed by atoms with van der Waals surface area (Å²) in [5.74, 6) is 0.440. The molecule has 0 amide bonds. The maximum Gasteiger partial charge on any atom is 0.310 e. The second kappa shape index (κ2) is 8.73. The summed E-state index contributed by atoms with van der Waals surface area (Å²) in [7, 11) is 1.55. The van der Waals surface area contributed by atoms with Gasteiger partial charge in [-0.15, -0.1) is 6.58 Å². The van der Waals surface area contributed by atoms with Crippen molar-refractivity contribution < 1.29 is 19.4 Å². The quantitative estimate of drug-likeness (QED) is 0.614. The highest BCUT2D eigenvalue weighted by atomic mass is 16.5. The monoisotopic (exact) mass is 333 g/mol. The maximum absolute atomic E-state index is 12.0. The van der Waals surface area contributed by atoms with Crippen LogP contribution < -0.4 is 4.74 Å². The number of phenols is 1. The van der Waals surface area contributed by atoms with E-state index in [1.54, 1.807) is 7.11 Å². The fraction of sp³-hybridized carbons (Fsp3) is 0.526. The minimum absolute atomic E-state index is 0.0842. The Kier molecular flexibility index (Phi) is 6.67. The Balaban J connectivity index is 2.13. The summed E-state index contributed by atoms with van der Waals surface area (Å²) in [5, 5.41) is 10.4. The third kappa shape index (κ3) is 4.51. The maximum atomic E-state index is 12.0. The molecule has 1 aromatic rings. The molecule has 1 atom stereocenters. The smallest absolute Gasteiger partial charge is 0.310 e. The van der Waals surface area contributed by atoms with Gasteiger partial charge in [0.15, 0.2) is 11.5 Å². The number of hydrogen-bond donors (Lipinski definition) is 1. The van der Waals surface area contributed by atoms with Crippen LogP contribution in [-0.4, -0.2) is 42.8 Å². The molecule has 1 heterocycles. The van der Waals surface area contributed by atoms with E-state index in [0.717, 1.165) is 36.9 Å². The highest BCUT2D eigenvalue weighted by Gasteiger charge is 2.27. The van der Waals surface area contributed by atoms with E-state index >= 15 is 0 Å². The Morgan fingerprint density at radius 1 is 1.50 bits per heavy atom. The van der Waals surface area contributed by atoms with E-state index in [2.05, 4.69) is 11.5 Å². The van der Waals surface area contributed by atoms with Crippen LogP contribution in [0.4, 0.5) is 0 Å². The number of rotatable bonds is 7. The van der Waals surface area contributed by atoms with Crippen LogP contribution in [-0.2, 0) is 22.5 Å². The molecule has 5 heteroatoms. The number of carbonyl (C=O) groups is 1. The Morgan fingerprint density at radius 3 is 2.96 bits per heavy atom. The molecule has 5 nitrogen and oxygen atoms in total. The van der Waals surface area contributed by atoms with Crippen molar-refractivity contribution in [2.75, 3.05) is 26.8 Å². The fourth-order valence-corrected chi connectivity index (χ4v) is 3.18. The van der Waals surface area contributed by atoms with E-state index in [4.69, 9.17) is 9.47 Å². The van der Waals surface area contributed by atoms with Gasteiger partial charge in [0.2, 0.25) is 0 Å². The number of phenolic OH excluding ortho intramolecular Hbond substituents is 1. The summed E-state index contributed by atoms with van der Waals surface area (Å²) in [6.07, 6.45) is 4.36. The molecule has 1 aliphatic rings. The van der Waals surface area contributed by atoms with Crippen molar-refractivity contribution >= 4 is 5.97 Å². The van der Waals surface area contributed by atoms with E-state index < -0.39 is 0 Å². The third-order valence-corrected chi connectivity index (χ3v) is 4.33. The molecule has 1 unspecified atom stereocenters. The summed E-state index contributed by atoms with van der Waals surface area (Å²) in [6.45, 7) is 8.15. The number of nitrogens with zero attached hydrogens (tertiary/aromatic N) is 1. The molecule has 0 aromatic heterocycles. The minimum Gasteiger partial charge on any atom is -0.504 e. The lowest BCUT2D eigenvalue weighted by Crippen LogP contribution is -2.38. The van der Waals surface area contributed by atoms with Crippen molar-refractivity contribution in [1.29, 1.82) is 0 Å². The molecule has 2 rings (SSSR count). The minimum atomic E-state index is -0.121. The second-order valence-corrected chi connectivity index (χ2v) is 6.12. The van der Waals surface area contributed by atoms with Crippen molar-refractivity contribution in [2.45, 2.75) is 32.7 Å². The number of esters is 1. The van der Waals surface area contributed by atoms with E-state index in [0.29, 0.717) is 25.4 Å². The first-order valence-electron chi connectivity index (χ1n) is 8.47. The van der Waals surface area contributed by atoms with Crippen LogP contribution in [0.15, 0.2) is 24.8 Å². The van der Waals surface area contributed by atoms with Crippen LogP contribution >= 0.6 is 0 Å². The number of carbonyl (C=O) groups excluding carboxylic acids is 1. The second-order valence-electron chi connectivity index (χ2n) is 6.12. The molecule has 132 valence electrons. The number of aromatic hydroxyl groups is 1. The topological polar surface area (TPSA) is 59.0 Å². The molecule has 0 aliphatic carbocycles. The van der Waals surface area contributed by atoms with Gasteiger partial charge in [-0.1, -0.05) is 12.1 Å². The van der Waals surface area contributed by atoms with Gasteiger partial charge < -0.3 is 14.6 Å². The van der Waals surface area contributed by atoms with Crippen molar-refractivity contribution in [1.82, 2.24) is 4.90 Å². The van der Waals surface area contributed by atoms with Gasteiger partial charge >= 0.3 is 5.97 Å². The number of ether oxygens (including phenoxy) is 2. The van der Waals surface area contributed by atoms with Gasteiger partial charge in [-0.25, -0.2) is 0 Å². The molecule has 0 saturated carbocycles. The molecule has 0 spiro atoms. The lowest BCUT2D eigenvalue weighted by molar-refractivity contribution is -0.150.